The molecule has 0 aromatic carbocycles. The highest BCUT2D eigenvalue weighted by Crippen LogP contribution is 2.22. The van der Waals surface area contributed by atoms with Crippen LogP contribution in [0.2, 0.25) is 0 Å². The summed E-state index contributed by atoms with van der Waals surface area (Å²) in [6, 6.07) is 2.19. The first-order valence-corrected chi connectivity index (χ1v) is 6.73. The van der Waals surface area contributed by atoms with E-state index in [1.807, 2.05) is 0 Å². The second-order valence-corrected chi connectivity index (χ2v) is 5.39. The van der Waals surface area contributed by atoms with Gasteiger partial charge in [0.05, 0.1) is 13.2 Å². The molecule has 0 bridgehead atoms. The molecule has 3 nitrogen and oxygen atoms in total. The summed E-state index contributed by atoms with van der Waals surface area (Å²) in [5, 5.41) is 4.35. The third-order valence-electron chi connectivity index (χ3n) is 3.38. The van der Waals surface area contributed by atoms with Crippen molar-refractivity contribution in [2.45, 2.75) is 18.9 Å². The maximum Gasteiger partial charge on any atom is 0.0594 e. The number of nitrogens with zero attached hydrogens (tertiary/aromatic N) is 1. The molecule has 0 radical (unpaired) electrons. The van der Waals surface area contributed by atoms with Crippen LogP contribution in [0, 0.1) is 0 Å². The molecular formula is C12H20N2OS. The quantitative estimate of drug-likeness (QED) is 0.863. The van der Waals surface area contributed by atoms with E-state index >= 15 is 0 Å². The van der Waals surface area contributed by atoms with E-state index in [4.69, 9.17) is 10.5 Å². The van der Waals surface area contributed by atoms with Crippen LogP contribution in [0.25, 0.3) is 0 Å². The smallest absolute Gasteiger partial charge is 0.0594 e. The summed E-state index contributed by atoms with van der Waals surface area (Å²) in [6.07, 6.45) is 1.03. The minimum atomic E-state index is 0.0743. The van der Waals surface area contributed by atoms with Crippen LogP contribution in [0.1, 0.15) is 12.5 Å². The van der Waals surface area contributed by atoms with Crippen molar-refractivity contribution in [2.75, 3.05) is 32.8 Å². The Morgan fingerprint density at radius 1 is 1.50 bits per heavy atom. The molecule has 1 unspecified atom stereocenters. The Hall–Kier alpha value is -0.420. The third kappa shape index (κ3) is 2.63. The van der Waals surface area contributed by atoms with Gasteiger partial charge in [0, 0.05) is 25.2 Å². The van der Waals surface area contributed by atoms with Gasteiger partial charge in [-0.15, -0.1) is 0 Å². The van der Waals surface area contributed by atoms with Crippen molar-refractivity contribution >= 4 is 11.3 Å². The number of ether oxygens (including phenoxy) is 1. The summed E-state index contributed by atoms with van der Waals surface area (Å²) in [4.78, 5) is 2.47. The van der Waals surface area contributed by atoms with Crippen LogP contribution in [0.3, 0.4) is 0 Å². The van der Waals surface area contributed by atoms with Gasteiger partial charge in [0.1, 0.15) is 0 Å². The molecule has 4 heteroatoms. The second kappa shape index (κ2) is 5.27. The lowest BCUT2D eigenvalue weighted by molar-refractivity contribution is -0.0131. The molecule has 1 aromatic heterocycles. The maximum atomic E-state index is 5.98. The van der Waals surface area contributed by atoms with Gasteiger partial charge in [0.25, 0.3) is 0 Å². The zero-order chi connectivity index (χ0) is 11.4. The molecule has 0 aliphatic carbocycles. The molecule has 0 spiro atoms. The average Bonchev–Trinajstić information content (AvgIpc) is 2.83. The van der Waals surface area contributed by atoms with Crippen LogP contribution in [0.4, 0.5) is 0 Å². The number of morpholine rings is 1. The Labute approximate surface area is 101 Å². The predicted octanol–water partition coefficient (Wildman–Crippen LogP) is 1.34. The van der Waals surface area contributed by atoms with Crippen molar-refractivity contribution in [2.24, 2.45) is 5.73 Å². The van der Waals surface area contributed by atoms with E-state index in [0.717, 1.165) is 32.7 Å². The van der Waals surface area contributed by atoms with E-state index in [2.05, 4.69) is 28.7 Å². The van der Waals surface area contributed by atoms with E-state index in [1.54, 1.807) is 11.3 Å². The minimum Gasteiger partial charge on any atom is -0.379 e. The fourth-order valence-corrected chi connectivity index (χ4v) is 2.92. The molecule has 1 aliphatic heterocycles. The molecule has 90 valence electrons. The topological polar surface area (TPSA) is 38.5 Å². The van der Waals surface area contributed by atoms with Crippen LogP contribution < -0.4 is 5.73 Å². The molecule has 2 rings (SSSR count). The molecule has 16 heavy (non-hydrogen) atoms. The van der Waals surface area contributed by atoms with E-state index in [1.165, 1.54) is 5.56 Å². The lowest BCUT2D eigenvalue weighted by Gasteiger charge is -2.42. The van der Waals surface area contributed by atoms with Crippen molar-refractivity contribution in [1.82, 2.24) is 4.90 Å². The Bertz CT molecular complexity index is 309. The lowest BCUT2D eigenvalue weighted by Crippen LogP contribution is -2.56. The van der Waals surface area contributed by atoms with Gasteiger partial charge in [-0.2, -0.15) is 11.3 Å². The summed E-state index contributed by atoms with van der Waals surface area (Å²) in [5.74, 6) is 0. The zero-order valence-electron chi connectivity index (χ0n) is 9.82. The molecule has 1 aromatic rings. The monoisotopic (exact) mass is 240 g/mol. The van der Waals surface area contributed by atoms with Gasteiger partial charge < -0.3 is 10.5 Å². The predicted molar refractivity (Wildman–Crippen MR) is 67.9 cm³/mol. The summed E-state index contributed by atoms with van der Waals surface area (Å²) in [5.41, 5.74) is 7.44. The van der Waals surface area contributed by atoms with Crippen molar-refractivity contribution in [3.05, 3.63) is 22.4 Å². The van der Waals surface area contributed by atoms with E-state index in [-0.39, 0.29) is 5.54 Å². The van der Waals surface area contributed by atoms with Crippen molar-refractivity contribution in [3.63, 3.8) is 0 Å². The van der Waals surface area contributed by atoms with Crippen LogP contribution in [-0.4, -0.2) is 43.3 Å². The fraction of sp³-hybridized carbons (Fsp3) is 0.667. The molecular weight excluding hydrogens is 220 g/mol. The van der Waals surface area contributed by atoms with Crippen LogP contribution in [0.5, 0.6) is 0 Å². The van der Waals surface area contributed by atoms with E-state index in [9.17, 15) is 0 Å². The number of rotatable bonds is 4. The molecule has 2 heterocycles. The van der Waals surface area contributed by atoms with Gasteiger partial charge in [-0.25, -0.2) is 0 Å². The zero-order valence-corrected chi connectivity index (χ0v) is 10.6. The number of nitrogens with two attached hydrogens (primary N) is 1. The van der Waals surface area contributed by atoms with Gasteiger partial charge in [-0.3, -0.25) is 4.90 Å². The largest absolute Gasteiger partial charge is 0.379 e. The summed E-state index contributed by atoms with van der Waals surface area (Å²) in [6.45, 7) is 6.62. The molecule has 2 N–H and O–H groups in total. The standard InChI is InChI=1S/C12H20N2OS/c1-12(10-13,8-11-2-7-16-9-11)14-3-5-15-6-4-14/h2,7,9H,3-6,8,10,13H2,1H3. The normalized spacial score (nSPS) is 21.9. The summed E-state index contributed by atoms with van der Waals surface area (Å²) in [7, 11) is 0. The Kier molecular flexibility index (Phi) is 3.97. The molecule has 0 saturated carbocycles. The first-order valence-electron chi connectivity index (χ1n) is 5.78. The van der Waals surface area contributed by atoms with Crippen molar-refractivity contribution < 1.29 is 4.74 Å². The maximum absolute atomic E-state index is 5.98. The first-order chi connectivity index (χ1) is 7.74. The van der Waals surface area contributed by atoms with Gasteiger partial charge in [0.2, 0.25) is 0 Å². The summed E-state index contributed by atoms with van der Waals surface area (Å²) < 4.78 is 5.39. The van der Waals surface area contributed by atoms with Crippen LogP contribution >= 0.6 is 11.3 Å². The third-order valence-corrected chi connectivity index (χ3v) is 4.11. The van der Waals surface area contributed by atoms with Gasteiger partial charge in [-0.1, -0.05) is 0 Å². The molecule has 1 atom stereocenters. The van der Waals surface area contributed by atoms with Crippen molar-refractivity contribution in [1.29, 1.82) is 0 Å². The molecule has 0 amide bonds. The fourth-order valence-electron chi connectivity index (χ4n) is 2.25. The SMILES string of the molecule is CC(CN)(Cc1ccsc1)N1CCOCC1. The van der Waals surface area contributed by atoms with Gasteiger partial charge in [-0.05, 0) is 35.7 Å². The highest BCUT2D eigenvalue weighted by Gasteiger charge is 2.31. The molecule has 1 fully saturated rings. The first kappa shape index (κ1) is 12.0. The van der Waals surface area contributed by atoms with E-state index < -0.39 is 0 Å². The molecule has 1 aliphatic rings. The Balaban J connectivity index is 2.05. The number of hydrogen-bond donors (Lipinski definition) is 1. The molecule has 1 saturated heterocycles. The minimum absolute atomic E-state index is 0.0743. The highest BCUT2D eigenvalue weighted by atomic mass is 32.1. The van der Waals surface area contributed by atoms with Crippen LogP contribution in [0.15, 0.2) is 16.8 Å². The second-order valence-electron chi connectivity index (χ2n) is 4.61. The lowest BCUT2D eigenvalue weighted by atomic mass is 9.92. The number of hydrogen-bond acceptors (Lipinski definition) is 4. The highest BCUT2D eigenvalue weighted by molar-refractivity contribution is 7.07. The van der Waals surface area contributed by atoms with Gasteiger partial charge in [0.15, 0.2) is 0 Å². The number of thiophene rings is 1. The van der Waals surface area contributed by atoms with Gasteiger partial charge >= 0.3 is 0 Å². The van der Waals surface area contributed by atoms with Crippen molar-refractivity contribution in [3.8, 4) is 0 Å². The Morgan fingerprint density at radius 3 is 2.81 bits per heavy atom. The summed E-state index contributed by atoms with van der Waals surface area (Å²) >= 11 is 1.75. The van der Waals surface area contributed by atoms with Crippen LogP contribution in [-0.2, 0) is 11.2 Å². The average molecular weight is 240 g/mol. The Morgan fingerprint density at radius 2 is 2.25 bits per heavy atom. The van der Waals surface area contributed by atoms with E-state index in [0.29, 0.717) is 6.54 Å².